The van der Waals surface area contributed by atoms with Crippen molar-refractivity contribution in [3.05, 3.63) is 40.6 Å². The number of aryl methyl sites for hydroxylation is 1. The van der Waals surface area contributed by atoms with Crippen molar-refractivity contribution >= 4 is 43.7 Å². The maximum absolute atomic E-state index is 5.38. The lowest BCUT2D eigenvalue weighted by Gasteiger charge is -1.97. The Morgan fingerprint density at radius 1 is 1.18 bits per heavy atom. The summed E-state index contributed by atoms with van der Waals surface area (Å²) in [5.41, 5.74) is 14.3. The molecule has 0 saturated carbocycles. The van der Waals surface area contributed by atoms with E-state index in [1.807, 2.05) is 6.20 Å². The fourth-order valence-electron chi connectivity index (χ4n) is 2.76. The maximum atomic E-state index is 5.38. The van der Waals surface area contributed by atoms with Crippen LogP contribution in [0, 0.1) is 0 Å². The number of aromatic nitrogens is 2. The molecule has 2 aromatic heterocycles. The summed E-state index contributed by atoms with van der Waals surface area (Å²) in [4.78, 5) is 9.84. The fraction of sp³-hybridized carbons (Fsp3) is 0.250. The number of H-pyrrole nitrogens is 2. The highest BCUT2D eigenvalue weighted by Gasteiger charge is 2.13. The second kappa shape index (κ2) is 6.36. The van der Waals surface area contributed by atoms with Gasteiger partial charge in [-0.1, -0.05) is 22.0 Å². The molecule has 0 amide bonds. The van der Waals surface area contributed by atoms with Gasteiger partial charge in [0, 0.05) is 33.2 Å². The van der Waals surface area contributed by atoms with Crippen LogP contribution in [0.4, 0.5) is 0 Å². The van der Waals surface area contributed by atoms with Crippen LogP contribution in [-0.4, -0.2) is 17.5 Å². The van der Waals surface area contributed by atoms with Crippen molar-refractivity contribution in [1.29, 1.82) is 0 Å². The zero-order valence-electron chi connectivity index (χ0n) is 12.2. The van der Waals surface area contributed by atoms with E-state index in [1.165, 1.54) is 22.0 Å². The van der Waals surface area contributed by atoms with Crippen molar-refractivity contribution in [3.8, 4) is 0 Å². The quantitative estimate of drug-likeness (QED) is 0.303. The molecule has 6 heteroatoms. The van der Waals surface area contributed by atoms with Crippen molar-refractivity contribution in [2.45, 2.75) is 19.3 Å². The third-order valence-electron chi connectivity index (χ3n) is 3.79. The van der Waals surface area contributed by atoms with Gasteiger partial charge in [0.25, 0.3) is 0 Å². The van der Waals surface area contributed by atoms with Gasteiger partial charge in [-0.25, -0.2) is 4.98 Å². The van der Waals surface area contributed by atoms with Crippen molar-refractivity contribution in [2.24, 2.45) is 11.5 Å². The summed E-state index contributed by atoms with van der Waals surface area (Å²) >= 11 is 3.52. The summed E-state index contributed by atoms with van der Waals surface area (Å²) in [6, 6.07) is 8.46. The summed E-state index contributed by atoms with van der Waals surface area (Å²) in [6.45, 7) is 0.804. The van der Waals surface area contributed by atoms with Gasteiger partial charge in [0.05, 0.1) is 6.54 Å². The second-order valence-corrected chi connectivity index (χ2v) is 6.31. The summed E-state index contributed by atoms with van der Waals surface area (Å²) in [6.07, 6.45) is 5.08. The first kappa shape index (κ1) is 14.8. The summed E-state index contributed by atoms with van der Waals surface area (Å²) in [5, 5.41) is 2.51. The van der Waals surface area contributed by atoms with E-state index in [0.717, 1.165) is 35.8 Å². The minimum absolute atomic E-state index is 0.287. The number of fused-ring (bicyclic) bond motifs is 3. The van der Waals surface area contributed by atoms with E-state index < -0.39 is 0 Å². The number of halogens is 1. The smallest absolute Gasteiger partial charge is 0.338 e. The monoisotopic (exact) mass is 361 g/mol. The predicted molar refractivity (Wildman–Crippen MR) is 92.2 cm³/mol. The molecular formula is C16H20BrN5+2. The van der Waals surface area contributed by atoms with Crippen molar-refractivity contribution in [3.63, 3.8) is 0 Å². The van der Waals surface area contributed by atoms with Gasteiger partial charge in [-0.2, -0.15) is 0 Å². The average Bonchev–Trinajstić information content (AvgIpc) is 2.84. The van der Waals surface area contributed by atoms with Crippen LogP contribution in [0.2, 0.25) is 0 Å². The summed E-state index contributed by atoms with van der Waals surface area (Å²) in [7, 11) is 0. The number of nitrogens with two attached hydrogens (primary N) is 2. The molecular weight excluding hydrogens is 342 g/mol. The van der Waals surface area contributed by atoms with E-state index >= 15 is 0 Å². The number of guanidine groups is 1. The first-order chi connectivity index (χ1) is 10.6. The third-order valence-corrected chi connectivity index (χ3v) is 4.29. The van der Waals surface area contributed by atoms with Gasteiger partial charge >= 0.3 is 5.96 Å². The highest BCUT2D eigenvalue weighted by atomic mass is 79.9. The molecule has 0 unspecified atom stereocenters. The van der Waals surface area contributed by atoms with Crippen molar-refractivity contribution < 1.29 is 9.98 Å². The standard InChI is InChI=1S/C16H18BrN5/c17-10-4-5-11-12-6-8-20-13(15(12)22-14(11)9-10)3-1-2-7-21-16(18)19/h4-6,8-9,22H,1-3,7H2,(H4,18,19,21)/p+2. The van der Waals surface area contributed by atoms with E-state index in [9.17, 15) is 0 Å². The van der Waals surface area contributed by atoms with E-state index in [-0.39, 0.29) is 5.96 Å². The highest BCUT2D eigenvalue weighted by Crippen LogP contribution is 2.28. The van der Waals surface area contributed by atoms with Crippen molar-refractivity contribution in [2.75, 3.05) is 6.54 Å². The molecule has 0 spiro atoms. The summed E-state index contributed by atoms with van der Waals surface area (Å²) in [5.74, 6) is 0.287. The van der Waals surface area contributed by atoms with E-state index in [2.05, 4.69) is 55.2 Å². The predicted octanol–water partition coefficient (Wildman–Crippen LogP) is 0.574. The Bertz CT molecular complexity index is 833. The number of nitrogens with one attached hydrogen (secondary N) is 3. The first-order valence-corrected chi connectivity index (χ1v) is 8.17. The number of hydrogen-bond acceptors (Lipinski definition) is 0. The Morgan fingerprint density at radius 2 is 2.05 bits per heavy atom. The van der Waals surface area contributed by atoms with Crippen LogP contribution in [0.25, 0.3) is 21.8 Å². The normalized spacial score (nSPS) is 11.1. The molecule has 0 atom stereocenters. The molecule has 0 fully saturated rings. The van der Waals surface area contributed by atoms with E-state index in [0.29, 0.717) is 0 Å². The molecule has 0 aliphatic heterocycles. The zero-order chi connectivity index (χ0) is 15.5. The molecule has 2 heterocycles. The molecule has 0 saturated heterocycles. The molecule has 5 nitrogen and oxygen atoms in total. The van der Waals surface area contributed by atoms with Gasteiger partial charge in [0.1, 0.15) is 5.52 Å². The van der Waals surface area contributed by atoms with Gasteiger partial charge in [-0.15, -0.1) is 0 Å². The number of aromatic amines is 2. The van der Waals surface area contributed by atoms with Gasteiger partial charge < -0.3 is 4.98 Å². The lowest BCUT2D eigenvalue weighted by Crippen LogP contribution is -2.78. The molecule has 1 aromatic carbocycles. The minimum Gasteiger partial charge on any atom is -0.349 e. The molecule has 0 radical (unpaired) electrons. The van der Waals surface area contributed by atoms with Gasteiger partial charge in [0.2, 0.25) is 5.69 Å². The number of rotatable bonds is 5. The number of hydrogen-bond donors (Lipinski definition) is 4. The number of benzene rings is 1. The molecule has 3 aromatic rings. The SMILES string of the molecule is NC(N)=[NH+]CCCCc1[nH+]ccc2c1[nH]c1cc(Br)ccc12. The molecule has 7 N–H and O–H groups in total. The lowest BCUT2D eigenvalue weighted by molar-refractivity contribution is -0.459. The van der Waals surface area contributed by atoms with Gasteiger partial charge in [-0.05, 0) is 25.0 Å². The van der Waals surface area contributed by atoms with Crippen LogP contribution < -0.4 is 21.4 Å². The summed E-state index contributed by atoms with van der Waals surface area (Å²) < 4.78 is 1.08. The van der Waals surface area contributed by atoms with Crippen molar-refractivity contribution in [1.82, 2.24) is 4.98 Å². The molecule has 22 heavy (non-hydrogen) atoms. The zero-order valence-corrected chi connectivity index (χ0v) is 13.8. The molecule has 0 bridgehead atoms. The Labute approximate surface area is 136 Å². The third kappa shape index (κ3) is 3.06. The topological polar surface area (TPSA) is 95.9 Å². The van der Waals surface area contributed by atoms with Crippen LogP contribution in [0.1, 0.15) is 18.5 Å². The van der Waals surface area contributed by atoms with Gasteiger partial charge in [0.15, 0.2) is 6.20 Å². The van der Waals surface area contributed by atoms with Crippen LogP contribution in [0.3, 0.4) is 0 Å². The van der Waals surface area contributed by atoms with E-state index in [4.69, 9.17) is 11.5 Å². The maximum Gasteiger partial charge on any atom is 0.338 e. The Hall–Kier alpha value is -2.08. The van der Waals surface area contributed by atoms with E-state index in [1.54, 1.807) is 0 Å². The first-order valence-electron chi connectivity index (χ1n) is 7.37. The molecule has 114 valence electrons. The molecule has 0 aliphatic rings. The van der Waals surface area contributed by atoms with Gasteiger partial charge in [-0.3, -0.25) is 16.5 Å². The highest BCUT2D eigenvalue weighted by molar-refractivity contribution is 9.10. The van der Waals surface area contributed by atoms with Crippen LogP contribution >= 0.6 is 15.9 Å². The molecule has 3 rings (SSSR count). The number of unbranched alkanes of at least 4 members (excludes halogenated alkanes) is 1. The Morgan fingerprint density at radius 3 is 2.86 bits per heavy atom. The van der Waals surface area contributed by atoms with Crippen LogP contribution in [-0.2, 0) is 6.42 Å². The fourth-order valence-corrected chi connectivity index (χ4v) is 3.12. The molecule has 0 aliphatic carbocycles. The second-order valence-electron chi connectivity index (χ2n) is 5.40. The lowest BCUT2D eigenvalue weighted by atomic mass is 10.1. The van der Waals surface area contributed by atoms with Crippen LogP contribution in [0.15, 0.2) is 34.9 Å². The van der Waals surface area contributed by atoms with Crippen LogP contribution in [0.5, 0.6) is 0 Å². The minimum atomic E-state index is 0.287. The Balaban J connectivity index is 1.84. The largest absolute Gasteiger partial charge is 0.349 e. The number of pyridine rings is 1. The average molecular weight is 362 g/mol. The Kier molecular flexibility index (Phi) is 4.29.